The van der Waals surface area contributed by atoms with Crippen molar-refractivity contribution in [3.8, 4) is 0 Å². The van der Waals surface area contributed by atoms with Gasteiger partial charge in [-0.15, -0.1) is 11.3 Å². The first-order valence-electron chi connectivity index (χ1n) is 10.0. The highest BCUT2D eigenvalue weighted by atomic mass is 32.1. The molecule has 26 heavy (non-hydrogen) atoms. The van der Waals surface area contributed by atoms with Crippen LogP contribution >= 0.6 is 11.3 Å². The maximum atomic E-state index is 12.3. The Morgan fingerprint density at radius 2 is 2.00 bits per heavy atom. The monoisotopic (exact) mass is 370 g/mol. The molecule has 0 unspecified atom stereocenters. The summed E-state index contributed by atoms with van der Waals surface area (Å²) in [6.07, 6.45) is 10.2. The van der Waals surface area contributed by atoms with E-state index in [1.165, 1.54) is 47.7 Å². The van der Waals surface area contributed by atoms with Crippen molar-refractivity contribution in [3.05, 3.63) is 44.0 Å². The van der Waals surface area contributed by atoms with E-state index in [0.29, 0.717) is 11.8 Å². The van der Waals surface area contributed by atoms with E-state index in [2.05, 4.69) is 9.88 Å². The van der Waals surface area contributed by atoms with Gasteiger partial charge >= 0.3 is 0 Å². The summed E-state index contributed by atoms with van der Waals surface area (Å²) in [6, 6.07) is 1.76. The molecule has 2 aromatic heterocycles. The second-order valence-electron chi connectivity index (χ2n) is 8.13. The second kappa shape index (κ2) is 6.89. The Labute approximate surface area is 158 Å². The van der Waals surface area contributed by atoms with E-state index in [-0.39, 0.29) is 5.56 Å². The molecule has 0 aromatic carbocycles. The van der Waals surface area contributed by atoms with E-state index in [1.54, 1.807) is 12.4 Å². The number of fused-ring (bicyclic) bond motifs is 1. The summed E-state index contributed by atoms with van der Waals surface area (Å²) in [5.74, 6) is 1.13. The van der Waals surface area contributed by atoms with E-state index >= 15 is 0 Å². The van der Waals surface area contributed by atoms with Crippen molar-refractivity contribution in [2.45, 2.75) is 64.0 Å². The summed E-state index contributed by atoms with van der Waals surface area (Å²) >= 11 is 1.92. The molecule has 2 aromatic rings. The zero-order chi connectivity index (χ0) is 17.5. The molecule has 1 saturated heterocycles. The molecule has 0 atom stereocenters. The molecule has 138 valence electrons. The van der Waals surface area contributed by atoms with Gasteiger partial charge in [0.15, 0.2) is 0 Å². The number of aryl methyl sites for hydroxylation is 2. The van der Waals surface area contributed by atoms with Crippen molar-refractivity contribution in [2.24, 2.45) is 5.92 Å². The molecule has 0 spiro atoms. The molecule has 1 saturated carbocycles. The lowest BCUT2D eigenvalue weighted by Crippen LogP contribution is -2.36. The first kappa shape index (κ1) is 16.6. The molecule has 2 fully saturated rings. The number of rotatable bonds is 5. The Balaban J connectivity index is 1.15. The molecule has 0 bridgehead atoms. The smallest absolute Gasteiger partial charge is 0.253 e. The Bertz CT molecular complexity index is 824. The van der Waals surface area contributed by atoms with E-state index in [9.17, 15) is 4.79 Å². The fraction of sp³-hybridized carbons (Fsp3) is 0.650. The van der Waals surface area contributed by atoms with Crippen LogP contribution in [0.2, 0.25) is 0 Å². The van der Waals surface area contributed by atoms with Crippen molar-refractivity contribution in [1.29, 1.82) is 0 Å². The Morgan fingerprint density at radius 1 is 1.15 bits per heavy atom. The summed E-state index contributed by atoms with van der Waals surface area (Å²) in [6.45, 7) is 4.03. The van der Waals surface area contributed by atoms with Crippen molar-refractivity contribution in [1.82, 2.24) is 19.4 Å². The predicted molar refractivity (Wildman–Crippen MR) is 103 cm³/mol. The number of aromatic nitrogens is 3. The van der Waals surface area contributed by atoms with Gasteiger partial charge in [-0.1, -0.05) is 0 Å². The van der Waals surface area contributed by atoms with E-state index < -0.39 is 0 Å². The van der Waals surface area contributed by atoms with Gasteiger partial charge in [-0.3, -0.25) is 14.3 Å². The van der Waals surface area contributed by atoms with Crippen molar-refractivity contribution in [3.63, 3.8) is 0 Å². The first-order chi connectivity index (χ1) is 12.7. The highest BCUT2D eigenvalue weighted by Crippen LogP contribution is 2.38. The van der Waals surface area contributed by atoms with E-state index in [1.807, 2.05) is 15.9 Å². The zero-order valence-electron chi connectivity index (χ0n) is 15.2. The Hall–Kier alpha value is -1.53. The number of piperidine rings is 1. The fourth-order valence-corrected chi connectivity index (χ4v) is 5.49. The first-order valence-corrected chi connectivity index (χ1v) is 10.8. The minimum absolute atomic E-state index is 0.127. The minimum Gasteiger partial charge on any atom is -0.299 e. The topological polar surface area (TPSA) is 51.0 Å². The number of nitrogens with zero attached hydrogens (tertiary/aromatic N) is 4. The Morgan fingerprint density at radius 3 is 2.73 bits per heavy atom. The Kier molecular flexibility index (Phi) is 4.41. The van der Waals surface area contributed by atoms with Crippen LogP contribution in [0, 0.1) is 5.92 Å². The quantitative estimate of drug-likeness (QED) is 0.812. The van der Waals surface area contributed by atoms with Crippen LogP contribution in [0.5, 0.6) is 0 Å². The van der Waals surface area contributed by atoms with Gasteiger partial charge in [0.2, 0.25) is 0 Å². The minimum atomic E-state index is 0.127. The van der Waals surface area contributed by atoms with Gasteiger partial charge in [-0.25, -0.2) is 9.97 Å². The van der Waals surface area contributed by atoms with Crippen LogP contribution < -0.4 is 5.56 Å². The zero-order valence-corrected chi connectivity index (χ0v) is 16.0. The average molecular weight is 371 g/mol. The van der Waals surface area contributed by atoms with Crippen LogP contribution in [0.15, 0.2) is 17.2 Å². The number of likely N-dealkylation sites (tertiary alicyclic amines) is 1. The average Bonchev–Trinajstić information content (AvgIpc) is 3.29. The normalized spacial score (nSPS) is 21.2. The summed E-state index contributed by atoms with van der Waals surface area (Å²) in [4.78, 5) is 25.7. The summed E-state index contributed by atoms with van der Waals surface area (Å²) in [5, 5.41) is 1.30. The second-order valence-corrected chi connectivity index (χ2v) is 9.30. The lowest BCUT2D eigenvalue weighted by molar-refractivity contribution is 0.166. The van der Waals surface area contributed by atoms with Crippen LogP contribution in [0.3, 0.4) is 0 Å². The van der Waals surface area contributed by atoms with Gasteiger partial charge in [0.25, 0.3) is 5.56 Å². The van der Waals surface area contributed by atoms with Gasteiger partial charge in [0.05, 0.1) is 24.3 Å². The van der Waals surface area contributed by atoms with Crippen molar-refractivity contribution in [2.75, 3.05) is 13.1 Å². The van der Waals surface area contributed by atoms with Crippen LogP contribution in [0.1, 0.15) is 59.3 Å². The third kappa shape index (κ3) is 3.49. The molecule has 3 aliphatic rings. The van der Waals surface area contributed by atoms with Gasteiger partial charge in [-0.05, 0) is 64.0 Å². The maximum Gasteiger partial charge on any atom is 0.253 e. The van der Waals surface area contributed by atoms with Gasteiger partial charge in [0, 0.05) is 23.4 Å². The largest absolute Gasteiger partial charge is 0.299 e. The van der Waals surface area contributed by atoms with Crippen molar-refractivity contribution < 1.29 is 0 Å². The van der Waals surface area contributed by atoms with Crippen LogP contribution in [0.4, 0.5) is 0 Å². The summed E-state index contributed by atoms with van der Waals surface area (Å²) in [7, 11) is 0. The van der Waals surface area contributed by atoms with Gasteiger partial charge < -0.3 is 0 Å². The molecule has 2 aliphatic carbocycles. The van der Waals surface area contributed by atoms with E-state index in [4.69, 9.17) is 4.98 Å². The summed E-state index contributed by atoms with van der Waals surface area (Å²) < 4.78 is 1.82. The molecule has 6 heteroatoms. The molecule has 5 rings (SSSR count). The molecule has 0 radical (unpaired) electrons. The number of hydrogen-bond acceptors (Lipinski definition) is 5. The van der Waals surface area contributed by atoms with Crippen LogP contribution in [-0.2, 0) is 25.9 Å². The maximum absolute atomic E-state index is 12.3. The van der Waals surface area contributed by atoms with Gasteiger partial charge in [0.1, 0.15) is 5.01 Å². The highest BCUT2D eigenvalue weighted by molar-refractivity contribution is 7.11. The molecule has 3 heterocycles. The van der Waals surface area contributed by atoms with Crippen LogP contribution in [0.25, 0.3) is 0 Å². The standard InChI is InChI=1S/C20H26N4OS/c25-20-10-17(15-4-5-15)21-13-24(20)11-14-6-8-23(9-7-14)12-19-22-16-2-1-3-18(16)26-19/h10,13-15H,1-9,11-12H2. The summed E-state index contributed by atoms with van der Waals surface area (Å²) in [5.41, 5.74) is 2.49. The molecular formula is C20H26N4OS. The third-order valence-electron chi connectivity index (χ3n) is 6.06. The molecule has 5 nitrogen and oxygen atoms in total. The molecule has 1 aliphatic heterocycles. The number of hydrogen-bond donors (Lipinski definition) is 0. The number of thiazole rings is 1. The van der Waals surface area contributed by atoms with Gasteiger partial charge in [-0.2, -0.15) is 0 Å². The molecule has 0 N–H and O–H groups in total. The van der Waals surface area contributed by atoms with Crippen molar-refractivity contribution >= 4 is 11.3 Å². The molecular weight excluding hydrogens is 344 g/mol. The highest BCUT2D eigenvalue weighted by Gasteiger charge is 2.26. The third-order valence-corrected chi connectivity index (χ3v) is 7.20. The fourth-order valence-electron chi connectivity index (χ4n) is 4.29. The SMILES string of the molecule is O=c1cc(C2CC2)ncn1CC1CCN(Cc2nc3c(s2)CCC3)CC1. The predicted octanol–water partition coefficient (Wildman–Crippen LogP) is 2.98. The lowest BCUT2D eigenvalue weighted by Gasteiger charge is -2.31. The van der Waals surface area contributed by atoms with E-state index in [0.717, 1.165) is 44.7 Å². The molecule has 0 amide bonds. The lowest BCUT2D eigenvalue weighted by atomic mass is 9.97. The van der Waals surface area contributed by atoms with Crippen LogP contribution in [-0.4, -0.2) is 32.5 Å².